The van der Waals surface area contributed by atoms with E-state index in [4.69, 9.17) is 37.4 Å². The summed E-state index contributed by atoms with van der Waals surface area (Å²) in [4.78, 5) is 14.1. The molecule has 0 amide bonds. The molecule has 0 bridgehead atoms. The number of piperidine rings is 1. The molecule has 0 unspecified atom stereocenters. The van der Waals surface area contributed by atoms with Crippen molar-refractivity contribution in [3.63, 3.8) is 0 Å². The van der Waals surface area contributed by atoms with Crippen molar-refractivity contribution >= 4 is 29.2 Å². The van der Waals surface area contributed by atoms with Crippen LogP contribution in [0.25, 0.3) is 0 Å². The number of phenols is 1. The lowest BCUT2D eigenvalue weighted by molar-refractivity contribution is -0.00205. The minimum Gasteiger partial charge on any atom is -0.506 e. The fourth-order valence-corrected chi connectivity index (χ4v) is 4.65. The van der Waals surface area contributed by atoms with Gasteiger partial charge in [0, 0.05) is 50.0 Å². The van der Waals surface area contributed by atoms with Crippen LogP contribution in [0.3, 0.4) is 0 Å². The topological polar surface area (TPSA) is 88.5 Å². The zero-order valence-electron chi connectivity index (χ0n) is 17.6. The van der Waals surface area contributed by atoms with E-state index >= 15 is 0 Å². The third-order valence-electron chi connectivity index (χ3n) is 5.98. The van der Waals surface area contributed by atoms with Crippen LogP contribution < -0.4 is 9.47 Å². The highest BCUT2D eigenvalue weighted by Crippen LogP contribution is 2.42. The van der Waals surface area contributed by atoms with Gasteiger partial charge < -0.3 is 29.3 Å². The van der Waals surface area contributed by atoms with Crippen molar-refractivity contribution in [3.8, 4) is 17.2 Å². The van der Waals surface area contributed by atoms with E-state index in [2.05, 4.69) is 4.90 Å². The van der Waals surface area contributed by atoms with Gasteiger partial charge in [-0.05, 0) is 29.8 Å². The maximum absolute atomic E-state index is 12.0. The molecule has 1 saturated heterocycles. The molecule has 1 spiro atoms. The number of likely N-dealkylation sites (tertiary alicyclic amines) is 1. The Morgan fingerprint density at radius 2 is 2.00 bits per heavy atom. The molecule has 2 aromatic carbocycles. The molecule has 172 valence electrons. The highest BCUT2D eigenvalue weighted by Gasteiger charge is 2.42. The molecule has 2 aromatic rings. The number of methoxy groups -OCH3 is 1. The summed E-state index contributed by atoms with van der Waals surface area (Å²) in [5.74, 6) is 0.149. The Labute approximate surface area is 196 Å². The number of carbonyl (C=O) groups excluding carboxylic acids is 1. The lowest BCUT2D eigenvalue weighted by atomic mass is 9.87. The number of aliphatic hydroxyl groups is 1. The highest BCUT2D eigenvalue weighted by atomic mass is 35.5. The number of hydrogen-bond donors (Lipinski definition) is 2. The highest BCUT2D eigenvalue weighted by molar-refractivity contribution is 6.32. The van der Waals surface area contributed by atoms with Crippen LogP contribution in [0.5, 0.6) is 17.2 Å². The molecule has 9 heteroatoms. The Morgan fingerprint density at radius 1 is 1.25 bits per heavy atom. The molecule has 0 radical (unpaired) electrons. The monoisotopic (exact) mass is 481 g/mol. The van der Waals surface area contributed by atoms with Gasteiger partial charge in [0.25, 0.3) is 0 Å². The molecule has 32 heavy (non-hydrogen) atoms. The summed E-state index contributed by atoms with van der Waals surface area (Å²) < 4.78 is 16.6. The number of rotatable bonds is 6. The van der Waals surface area contributed by atoms with Crippen molar-refractivity contribution in [2.75, 3.05) is 33.4 Å². The summed E-state index contributed by atoms with van der Waals surface area (Å²) in [5.41, 5.74) is 1.02. The largest absolute Gasteiger partial charge is 0.506 e. The number of fused-ring (bicyclic) bond motifs is 1. The van der Waals surface area contributed by atoms with Crippen LogP contribution in [0.1, 0.15) is 28.8 Å². The molecule has 2 heterocycles. The Balaban J connectivity index is 1.30. The molecule has 7 nitrogen and oxygen atoms in total. The number of phenolic OH excluding ortho intramolecular Hbond substituents is 1. The molecular weight excluding hydrogens is 457 g/mol. The van der Waals surface area contributed by atoms with Gasteiger partial charge in [-0.25, -0.2) is 4.79 Å². The number of nitrogens with zero attached hydrogens (tertiary/aromatic N) is 1. The van der Waals surface area contributed by atoms with Crippen LogP contribution in [0.4, 0.5) is 0 Å². The number of carbonyl (C=O) groups is 1. The predicted octanol–water partition coefficient (Wildman–Crippen LogP) is 3.70. The van der Waals surface area contributed by atoms with Gasteiger partial charge in [0.1, 0.15) is 41.1 Å². The lowest BCUT2D eigenvalue weighted by Gasteiger charge is -2.39. The Morgan fingerprint density at radius 3 is 2.72 bits per heavy atom. The van der Waals surface area contributed by atoms with Crippen molar-refractivity contribution < 1.29 is 29.2 Å². The number of ether oxygens (including phenoxy) is 3. The van der Waals surface area contributed by atoms with Crippen LogP contribution in [0, 0.1) is 0 Å². The fourth-order valence-electron chi connectivity index (χ4n) is 4.29. The van der Waals surface area contributed by atoms with Crippen molar-refractivity contribution in [1.82, 2.24) is 4.90 Å². The SMILES string of the molecule is COC(=O)c1cc(Cl)c(O)cc1OC[C@H](O)CN1CCC2(CC1)Cc1cc(Cl)ccc1O2. The Kier molecular flexibility index (Phi) is 6.72. The van der Waals surface area contributed by atoms with E-state index in [1.807, 2.05) is 18.2 Å². The predicted molar refractivity (Wildman–Crippen MR) is 120 cm³/mol. The first-order valence-electron chi connectivity index (χ1n) is 10.4. The van der Waals surface area contributed by atoms with E-state index in [1.54, 1.807) is 0 Å². The molecule has 2 aliphatic rings. The smallest absolute Gasteiger partial charge is 0.341 e. The van der Waals surface area contributed by atoms with Crippen LogP contribution in [-0.2, 0) is 11.2 Å². The zero-order valence-corrected chi connectivity index (χ0v) is 19.2. The maximum Gasteiger partial charge on any atom is 0.341 e. The Hall–Kier alpha value is -2.19. The maximum atomic E-state index is 12.0. The number of esters is 1. The van der Waals surface area contributed by atoms with Crippen molar-refractivity contribution in [2.24, 2.45) is 0 Å². The van der Waals surface area contributed by atoms with Crippen LogP contribution in [0.2, 0.25) is 10.0 Å². The summed E-state index contributed by atoms with van der Waals surface area (Å²) in [6, 6.07) is 8.26. The average molecular weight is 482 g/mol. The zero-order chi connectivity index (χ0) is 22.9. The second-order valence-electron chi connectivity index (χ2n) is 8.27. The first-order valence-corrected chi connectivity index (χ1v) is 11.2. The lowest BCUT2D eigenvalue weighted by Crippen LogP contribution is -2.49. The summed E-state index contributed by atoms with van der Waals surface area (Å²) in [7, 11) is 1.24. The number of β-amino-alcohol motifs (C(OH)–C–C–N with tert-alkyl or cyclic N) is 1. The average Bonchev–Trinajstić information content (AvgIpc) is 3.12. The van der Waals surface area contributed by atoms with Crippen molar-refractivity contribution in [3.05, 3.63) is 51.5 Å². The van der Waals surface area contributed by atoms with E-state index < -0.39 is 12.1 Å². The molecule has 1 fully saturated rings. The van der Waals surface area contributed by atoms with Gasteiger partial charge in [0.15, 0.2) is 0 Å². The second-order valence-corrected chi connectivity index (χ2v) is 9.11. The Bertz CT molecular complexity index is 1010. The van der Waals surface area contributed by atoms with Gasteiger partial charge in [-0.2, -0.15) is 0 Å². The first-order chi connectivity index (χ1) is 15.3. The molecule has 4 rings (SSSR count). The molecule has 0 saturated carbocycles. The minimum atomic E-state index is -0.784. The summed E-state index contributed by atoms with van der Waals surface area (Å²) >= 11 is 12.0. The molecule has 0 aliphatic carbocycles. The van der Waals surface area contributed by atoms with Crippen LogP contribution in [-0.4, -0.2) is 66.1 Å². The number of aliphatic hydroxyl groups excluding tert-OH is 1. The van der Waals surface area contributed by atoms with Gasteiger partial charge >= 0.3 is 5.97 Å². The van der Waals surface area contributed by atoms with Crippen molar-refractivity contribution in [1.29, 1.82) is 0 Å². The molecular formula is C23H25Cl2NO6. The van der Waals surface area contributed by atoms with Gasteiger partial charge in [-0.3, -0.25) is 0 Å². The molecule has 0 aromatic heterocycles. The van der Waals surface area contributed by atoms with E-state index in [1.165, 1.54) is 19.2 Å². The van der Waals surface area contributed by atoms with E-state index in [-0.39, 0.29) is 34.3 Å². The third kappa shape index (κ3) is 4.91. The van der Waals surface area contributed by atoms with E-state index in [0.29, 0.717) is 11.6 Å². The first kappa shape index (κ1) is 23.0. The molecule has 2 N–H and O–H groups in total. The third-order valence-corrected chi connectivity index (χ3v) is 6.52. The number of halogens is 2. The normalized spacial score (nSPS) is 18.1. The standard InChI is InChI=1S/C23H25Cl2NO6/c1-30-22(29)17-9-18(25)19(28)10-21(17)31-13-16(27)12-26-6-4-23(5-7-26)11-14-8-15(24)2-3-20(14)32-23/h2-3,8-10,16,27-28H,4-7,11-13H2,1H3/t16-/m1/s1. The summed E-state index contributed by atoms with van der Waals surface area (Å²) in [5, 5.41) is 21.0. The number of hydrogen-bond acceptors (Lipinski definition) is 7. The van der Waals surface area contributed by atoms with Gasteiger partial charge in [0.05, 0.1) is 12.1 Å². The van der Waals surface area contributed by atoms with Crippen molar-refractivity contribution in [2.45, 2.75) is 31.0 Å². The van der Waals surface area contributed by atoms with Crippen LogP contribution >= 0.6 is 23.2 Å². The number of aromatic hydroxyl groups is 1. The van der Waals surface area contributed by atoms with Gasteiger partial charge in [0.2, 0.25) is 0 Å². The van der Waals surface area contributed by atoms with Gasteiger partial charge in [-0.1, -0.05) is 23.2 Å². The summed E-state index contributed by atoms with van der Waals surface area (Å²) in [6.45, 7) is 1.94. The van der Waals surface area contributed by atoms with Gasteiger partial charge in [-0.15, -0.1) is 0 Å². The number of benzene rings is 2. The van der Waals surface area contributed by atoms with E-state index in [0.717, 1.165) is 43.7 Å². The molecule has 2 aliphatic heterocycles. The second kappa shape index (κ2) is 9.35. The fraction of sp³-hybridized carbons (Fsp3) is 0.435. The minimum absolute atomic E-state index is 0.0131. The van der Waals surface area contributed by atoms with Crippen LogP contribution in [0.15, 0.2) is 30.3 Å². The molecule has 1 atom stereocenters. The summed E-state index contributed by atoms with van der Waals surface area (Å²) in [6.07, 6.45) is 1.76. The van der Waals surface area contributed by atoms with E-state index in [9.17, 15) is 15.0 Å². The quantitative estimate of drug-likeness (QED) is 0.608.